The molecule has 0 aromatic heterocycles. The first-order valence-corrected chi connectivity index (χ1v) is 9.07. The summed E-state index contributed by atoms with van der Waals surface area (Å²) in [7, 11) is 0. The van der Waals surface area contributed by atoms with Gasteiger partial charge in [-0.1, -0.05) is 55.1 Å². The van der Waals surface area contributed by atoms with Crippen LogP contribution in [0.2, 0.25) is 0 Å². The van der Waals surface area contributed by atoms with Gasteiger partial charge in [0.05, 0.1) is 6.07 Å². The van der Waals surface area contributed by atoms with Gasteiger partial charge in [-0.3, -0.25) is 4.79 Å². The highest BCUT2D eigenvalue weighted by molar-refractivity contribution is 5.86. The van der Waals surface area contributed by atoms with Crippen molar-refractivity contribution < 1.29 is 19.1 Å². The van der Waals surface area contributed by atoms with Gasteiger partial charge in [-0.15, -0.1) is 0 Å². The smallest absolute Gasteiger partial charge is 0.408 e. The van der Waals surface area contributed by atoms with Gasteiger partial charge in [0.2, 0.25) is 5.91 Å². The number of benzene rings is 2. The van der Waals surface area contributed by atoms with Crippen LogP contribution in [0.15, 0.2) is 67.3 Å². The molecule has 0 radical (unpaired) electrons. The normalized spacial score (nSPS) is 10.9. The van der Waals surface area contributed by atoms with Crippen molar-refractivity contribution in [1.29, 1.82) is 5.26 Å². The monoisotopic (exact) mass is 393 g/mol. The van der Waals surface area contributed by atoms with Gasteiger partial charge in [0, 0.05) is 6.42 Å². The molecular formula is C22H23N3O4. The number of carbonyl (C=O) groups excluding carboxylic acids is 2. The molecule has 0 saturated carbocycles. The van der Waals surface area contributed by atoms with Crippen LogP contribution in [0.1, 0.15) is 11.1 Å². The van der Waals surface area contributed by atoms with Gasteiger partial charge in [0.1, 0.15) is 31.5 Å². The lowest BCUT2D eigenvalue weighted by molar-refractivity contribution is -0.122. The highest BCUT2D eigenvalue weighted by atomic mass is 16.5. The van der Waals surface area contributed by atoms with E-state index in [2.05, 4.69) is 17.2 Å². The van der Waals surface area contributed by atoms with Crippen molar-refractivity contribution >= 4 is 12.0 Å². The number of nitrogens with one attached hydrogen (secondary N) is 2. The number of ether oxygens (including phenoxy) is 2. The number of amides is 2. The second-order valence-electron chi connectivity index (χ2n) is 6.08. The summed E-state index contributed by atoms with van der Waals surface area (Å²) < 4.78 is 10.6. The number of hydrogen-bond acceptors (Lipinski definition) is 5. The Morgan fingerprint density at radius 2 is 1.83 bits per heavy atom. The molecule has 150 valence electrons. The van der Waals surface area contributed by atoms with Crippen molar-refractivity contribution in [2.75, 3.05) is 13.2 Å². The maximum Gasteiger partial charge on any atom is 0.408 e. The zero-order chi connectivity index (χ0) is 20.9. The lowest BCUT2D eigenvalue weighted by Crippen LogP contribution is -2.48. The second kappa shape index (κ2) is 11.8. The Labute approximate surface area is 169 Å². The molecule has 7 nitrogen and oxygen atoms in total. The molecule has 0 bridgehead atoms. The van der Waals surface area contributed by atoms with Crippen LogP contribution in [0.3, 0.4) is 0 Å². The van der Waals surface area contributed by atoms with E-state index in [4.69, 9.17) is 14.7 Å². The maximum atomic E-state index is 12.4. The molecule has 2 amide bonds. The third-order valence-corrected chi connectivity index (χ3v) is 3.89. The maximum absolute atomic E-state index is 12.4. The molecule has 29 heavy (non-hydrogen) atoms. The average molecular weight is 393 g/mol. The van der Waals surface area contributed by atoms with E-state index in [0.717, 1.165) is 11.1 Å². The van der Waals surface area contributed by atoms with E-state index in [1.807, 2.05) is 36.4 Å². The van der Waals surface area contributed by atoms with Crippen LogP contribution in [0.25, 0.3) is 0 Å². The van der Waals surface area contributed by atoms with E-state index in [1.54, 1.807) is 30.3 Å². The van der Waals surface area contributed by atoms with Gasteiger partial charge in [0.25, 0.3) is 0 Å². The first-order valence-electron chi connectivity index (χ1n) is 9.07. The number of rotatable bonds is 10. The molecule has 0 spiro atoms. The van der Waals surface area contributed by atoms with E-state index < -0.39 is 18.0 Å². The zero-order valence-electron chi connectivity index (χ0n) is 16.0. The minimum absolute atomic E-state index is 0.0918. The van der Waals surface area contributed by atoms with Gasteiger partial charge in [-0.25, -0.2) is 4.79 Å². The van der Waals surface area contributed by atoms with Gasteiger partial charge < -0.3 is 20.1 Å². The number of carbonyl (C=O) groups is 2. The van der Waals surface area contributed by atoms with Crippen molar-refractivity contribution in [2.24, 2.45) is 0 Å². The highest BCUT2D eigenvalue weighted by Crippen LogP contribution is 2.14. The Kier molecular flexibility index (Phi) is 8.77. The third-order valence-electron chi connectivity index (χ3n) is 3.89. The first kappa shape index (κ1) is 21.5. The molecule has 0 aliphatic rings. The molecule has 2 aromatic rings. The summed E-state index contributed by atoms with van der Waals surface area (Å²) in [5.41, 5.74) is 1.65. The van der Waals surface area contributed by atoms with Gasteiger partial charge >= 0.3 is 6.09 Å². The summed E-state index contributed by atoms with van der Waals surface area (Å²) in [5, 5.41) is 13.7. The van der Waals surface area contributed by atoms with Crippen LogP contribution in [-0.4, -0.2) is 31.2 Å². The largest absolute Gasteiger partial charge is 0.490 e. The fourth-order valence-electron chi connectivity index (χ4n) is 2.48. The van der Waals surface area contributed by atoms with Crippen molar-refractivity contribution in [2.45, 2.75) is 19.1 Å². The van der Waals surface area contributed by atoms with Crippen LogP contribution in [0, 0.1) is 11.3 Å². The molecule has 2 aromatic carbocycles. The number of hydrogen-bond donors (Lipinski definition) is 2. The summed E-state index contributed by atoms with van der Waals surface area (Å²) in [6.45, 7) is 3.93. The Bertz CT molecular complexity index is 845. The molecule has 1 atom stereocenters. The van der Waals surface area contributed by atoms with Gasteiger partial charge in [-0.2, -0.15) is 5.26 Å². The Morgan fingerprint density at radius 1 is 1.10 bits per heavy atom. The molecule has 2 rings (SSSR count). The molecule has 0 heterocycles. The average Bonchev–Trinajstić information content (AvgIpc) is 2.75. The Balaban J connectivity index is 1.98. The van der Waals surface area contributed by atoms with E-state index >= 15 is 0 Å². The standard InChI is InChI=1S/C22H23N3O4/c1-2-14-28-19-10-8-17(9-11-19)15-20(21(26)24-13-12-23)25-22(27)29-16-18-6-4-3-5-7-18/h2-11,20H,1,13-16H2,(H,24,26)(H,25,27). The molecular weight excluding hydrogens is 370 g/mol. The first-order chi connectivity index (χ1) is 14.1. The van der Waals surface area contributed by atoms with E-state index in [0.29, 0.717) is 12.4 Å². The van der Waals surface area contributed by atoms with Crippen molar-refractivity contribution in [3.8, 4) is 11.8 Å². The van der Waals surface area contributed by atoms with E-state index in [9.17, 15) is 9.59 Å². The molecule has 1 unspecified atom stereocenters. The van der Waals surface area contributed by atoms with Crippen molar-refractivity contribution in [3.63, 3.8) is 0 Å². The summed E-state index contributed by atoms with van der Waals surface area (Å²) in [4.78, 5) is 24.5. The van der Waals surface area contributed by atoms with Gasteiger partial charge in [0.15, 0.2) is 0 Å². The minimum Gasteiger partial charge on any atom is -0.490 e. The quantitative estimate of drug-likeness (QED) is 0.477. The molecule has 0 aliphatic heterocycles. The fourth-order valence-corrected chi connectivity index (χ4v) is 2.48. The lowest BCUT2D eigenvalue weighted by Gasteiger charge is -2.18. The Hall–Kier alpha value is -3.79. The molecule has 0 fully saturated rings. The molecule has 0 saturated heterocycles. The topological polar surface area (TPSA) is 100 Å². The van der Waals surface area contributed by atoms with E-state index in [1.165, 1.54) is 0 Å². The van der Waals surface area contributed by atoms with Crippen molar-refractivity contribution in [1.82, 2.24) is 10.6 Å². The van der Waals surface area contributed by atoms with E-state index in [-0.39, 0.29) is 19.6 Å². The number of alkyl carbamates (subject to hydrolysis) is 1. The summed E-state index contributed by atoms with van der Waals surface area (Å²) >= 11 is 0. The fraction of sp³-hybridized carbons (Fsp3) is 0.227. The predicted molar refractivity (Wildman–Crippen MR) is 108 cm³/mol. The molecule has 0 aliphatic carbocycles. The second-order valence-corrected chi connectivity index (χ2v) is 6.08. The van der Waals surface area contributed by atoms with Crippen LogP contribution < -0.4 is 15.4 Å². The predicted octanol–water partition coefficient (Wildman–Crippen LogP) is 2.73. The Morgan fingerprint density at radius 3 is 2.48 bits per heavy atom. The number of nitriles is 1. The minimum atomic E-state index is -0.883. The lowest BCUT2D eigenvalue weighted by atomic mass is 10.1. The van der Waals surface area contributed by atoms with Crippen LogP contribution in [0.4, 0.5) is 4.79 Å². The van der Waals surface area contributed by atoms with Crippen LogP contribution >= 0.6 is 0 Å². The SMILES string of the molecule is C=CCOc1ccc(CC(NC(=O)OCc2ccccc2)C(=O)NCC#N)cc1. The van der Waals surface area contributed by atoms with Crippen LogP contribution in [0.5, 0.6) is 5.75 Å². The van der Waals surface area contributed by atoms with Crippen molar-refractivity contribution in [3.05, 3.63) is 78.4 Å². The summed E-state index contributed by atoms with van der Waals surface area (Å²) in [6, 6.07) is 17.3. The number of nitrogens with zero attached hydrogens (tertiary/aromatic N) is 1. The highest BCUT2D eigenvalue weighted by Gasteiger charge is 2.22. The zero-order valence-corrected chi connectivity index (χ0v) is 16.0. The van der Waals surface area contributed by atoms with Gasteiger partial charge in [-0.05, 0) is 23.3 Å². The summed E-state index contributed by atoms with van der Waals surface area (Å²) in [6.07, 6.45) is 1.17. The van der Waals surface area contributed by atoms with Crippen LogP contribution in [-0.2, 0) is 22.6 Å². The summed E-state index contributed by atoms with van der Waals surface area (Å²) in [5.74, 6) is 0.213. The molecule has 2 N–H and O–H groups in total. The molecule has 7 heteroatoms. The third kappa shape index (κ3) is 7.77.